The van der Waals surface area contributed by atoms with Crippen LogP contribution in [0, 0.1) is 6.92 Å². The van der Waals surface area contributed by atoms with Gasteiger partial charge in [0.2, 0.25) is 0 Å². The Morgan fingerprint density at radius 1 is 1.54 bits per heavy atom. The van der Waals surface area contributed by atoms with Crippen molar-refractivity contribution < 1.29 is 4.79 Å². The molecule has 0 bridgehead atoms. The van der Waals surface area contributed by atoms with Crippen LogP contribution in [0.2, 0.25) is 0 Å². The predicted molar refractivity (Wildman–Crippen MR) is 58.7 cm³/mol. The average Bonchev–Trinajstić information content (AvgIpc) is 2.15. The van der Waals surface area contributed by atoms with E-state index in [9.17, 15) is 4.79 Å². The maximum Gasteiger partial charge on any atom is 0.190 e. The third kappa shape index (κ3) is 2.75. The molecule has 0 N–H and O–H groups in total. The number of thioether (sulfide) groups is 1. The zero-order valence-corrected chi connectivity index (χ0v) is 9.15. The molecule has 0 radical (unpaired) electrons. The van der Waals surface area contributed by atoms with Crippen LogP contribution in [-0.2, 0) is 0 Å². The second kappa shape index (κ2) is 4.68. The van der Waals surface area contributed by atoms with E-state index in [1.165, 1.54) is 11.8 Å². The van der Waals surface area contributed by atoms with E-state index in [0.29, 0.717) is 5.56 Å². The molecule has 1 unspecified atom stereocenters. The number of halogens is 1. The molecule has 0 aromatic heterocycles. The highest BCUT2D eigenvalue weighted by Gasteiger charge is 2.15. The first-order valence-corrected chi connectivity index (χ1v) is 5.65. The molecule has 70 valence electrons. The lowest BCUT2D eigenvalue weighted by Gasteiger charge is -2.05. The minimum absolute atomic E-state index is 0.0159. The van der Waals surface area contributed by atoms with Crippen LogP contribution in [0.1, 0.15) is 15.9 Å². The lowest BCUT2D eigenvalue weighted by Crippen LogP contribution is -2.10. The van der Waals surface area contributed by atoms with Crippen molar-refractivity contribution in [2.45, 2.75) is 11.6 Å². The summed E-state index contributed by atoms with van der Waals surface area (Å²) >= 11 is 7.17. The standard InChI is InChI=1S/C10H11ClOS/c1-7-4-3-5-8(6-7)9(12)10(11)13-2/h3-6,10H,1-2H3. The highest BCUT2D eigenvalue weighted by molar-refractivity contribution is 8.01. The van der Waals surface area contributed by atoms with Gasteiger partial charge in [0.1, 0.15) is 4.71 Å². The van der Waals surface area contributed by atoms with Gasteiger partial charge in [0.15, 0.2) is 5.78 Å². The molecule has 1 aromatic carbocycles. The minimum atomic E-state index is -0.471. The van der Waals surface area contributed by atoms with Crippen LogP contribution in [-0.4, -0.2) is 16.7 Å². The molecular formula is C10H11ClOS. The Morgan fingerprint density at radius 2 is 2.23 bits per heavy atom. The van der Waals surface area contributed by atoms with Crippen molar-refractivity contribution in [1.82, 2.24) is 0 Å². The van der Waals surface area contributed by atoms with E-state index in [1.54, 1.807) is 6.07 Å². The van der Waals surface area contributed by atoms with Crippen molar-refractivity contribution in [1.29, 1.82) is 0 Å². The Labute approximate surface area is 87.5 Å². The third-order valence-corrected chi connectivity index (χ3v) is 3.08. The molecule has 1 aromatic rings. The first-order chi connectivity index (χ1) is 6.15. The highest BCUT2D eigenvalue weighted by Crippen LogP contribution is 2.18. The summed E-state index contributed by atoms with van der Waals surface area (Å²) in [6.07, 6.45) is 1.82. The smallest absolute Gasteiger partial charge is 0.190 e. The zero-order chi connectivity index (χ0) is 9.84. The number of carbonyl (C=O) groups is 1. The molecule has 0 heterocycles. The summed E-state index contributed by atoms with van der Waals surface area (Å²) in [6.45, 7) is 1.96. The fourth-order valence-electron chi connectivity index (χ4n) is 1.04. The van der Waals surface area contributed by atoms with Crippen LogP contribution in [0.5, 0.6) is 0 Å². The lowest BCUT2D eigenvalue weighted by atomic mass is 10.1. The summed E-state index contributed by atoms with van der Waals surface area (Å²) in [6, 6.07) is 7.47. The van der Waals surface area contributed by atoms with E-state index in [-0.39, 0.29) is 5.78 Å². The number of benzene rings is 1. The van der Waals surface area contributed by atoms with Crippen LogP contribution in [0.4, 0.5) is 0 Å². The quantitative estimate of drug-likeness (QED) is 0.568. The Kier molecular flexibility index (Phi) is 3.82. The molecular weight excluding hydrogens is 204 g/mol. The van der Waals surface area contributed by atoms with Gasteiger partial charge in [-0.1, -0.05) is 23.8 Å². The van der Waals surface area contributed by atoms with Crippen molar-refractivity contribution in [3.63, 3.8) is 0 Å². The van der Waals surface area contributed by atoms with Crippen molar-refractivity contribution in [3.8, 4) is 0 Å². The summed E-state index contributed by atoms with van der Waals surface area (Å²) in [5, 5.41) is 0. The van der Waals surface area contributed by atoms with Gasteiger partial charge in [-0.25, -0.2) is 0 Å². The molecule has 0 saturated heterocycles. The normalized spacial score (nSPS) is 12.5. The molecule has 0 spiro atoms. The summed E-state index contributed by atoms with van der Waals surface area (Å²) in [5.74, 6) is -0.0159. The number of aryl methyl sites for hydroxylation is 1. The molecule has 1 atom stereocenters. The molecule has 0 fully saturated rings. The Balaban J connectivity index is 2.89. The summed E-state index contributed by atoms with van der Waals surface area (Å²) in [5.41, 5.74) is 1.77. The fraction of sp³-hybridized carbons (Fsp3) is 0.300. The highest BCUT2D eigenvalue weighted by atomic mass is 35.5. The van der Waals surface area contributed by atoms with Gasteiger partial charge in [0.25, 0.3) is 0 Å². The van der Waals surface area contributed by atoms with E-state index in [1.807, 2.05) is 31.4 Å². The van der Waals surface area contributed by atoms with E-state index in [2.05, 4.69) is 0 Å². The molecule has 0 aliphatic carbocycles. The van der Waals surface area contributed by atoms with Gasteiger partial charge in [0.05, 0.1) is 0 Å². The third-order valence-electron chi connectivity index (χ3n) is 1.72. The van der Waals surface area contributed by atoms with E-state index in [4.69, 9.17) is 11.6 Å². The summed E-state index contributed by atoms with van der Waals surface area (Å²) < 4.78 is -0.471. The van der Waals surface area contributed by atoms with Crippen molar-refractivity contribution in [3.05, 3.63) is 35.4 Å². The maximum atomic E-state index is 11.6. The van der Waals surface area contributed by atoms with E-state index >= 15 is 0 Å². The van der Waals surface area contributed by atoms with Gasteiger partial charge in [-0.05, 0) is 19.2 Å². The van der Waals surface area contributed by atoms with Crippen molar-refractivity contribution in [2.24, 2.45) is 0 Å². The molecule has 3 heteroatoms. The molecule has 1 nitrogen and oxygen atoms in total. The summed E-state index contributed by atoms with van der Waals surface area (Å²) in [7, 11) is 0. The number of alkyl halides is 1. The van der Waals surface area contributed by atoms with Crippen LogP contribution >= 0.6 is 23.4 Å². The fourth-order valence-corrected chi connectivity index (χ4v) is 1.51. The number of hydrogen-bond donors (Lipinski definition) is 0. The minimum Gasteiger partial charge on any atom is -0.292 e. The molecule has 1 rings (SSSR count). The zero-order valence-electron chi connectivity index (χ0n) is 7.58. The lowest BCUT2D eigenvalue weighted by molar-refractivity contribution is 0.101. The molecule has 0 amide bonds. The molecule has 0 saturated carbocycles. The van der Waals surface area contributed by atoms with Gasteiger partial charge >= 0.3 is 0 Å². The molecule has 0 aliphatic heterocycles. The van der Waals surface area contributed by atoms with E-state index < -0.39 is 4.71 Å². The second-order valence-electron chi connectivity index (χ2n) is 2.79. The number of hydrogen-bond acceptors (Lipinski definition) is 2. The van der Waals surface area contributed by atoms with Gasteiger partial charge < -0.3 is 0 Å². The number of ketones is 1. The monoisotopic (exact) mass is 214 g/mol. The summed E-state index contributed by atoms with van der Waals surface area (Å²) in [4.78, 5) is 11.6. The Hall–Kier alpha value is -0.470. The Bertz CT molecular complexity index is 312. The topological polar surface area (TPSA) is 17.1 Å². The van der Waals surface area contributed by atoms with E-state index in [0.717, 1.165) is 5.56 Å². The SMILES string of the molecule is CSC(Cl)C(=O)c1cccc(C)c1. The van der Waals surface area contributed by atoms with Crippen molar-refractivity contribution in [2.75, 3.05) is 6.26 Å². The second-order valence-corrected chi connectivity index (χ2v) is 4.42. The first-order valence-electron chi connectivity index (χ1n) is 3.93. The number of rotatable bonds is 3. The predicted octanol–water partition coefficient (Wildman–Crippen LogP) is 3.11. The van der Waals surface area contributed by atoms with Gasteiger partial charge in [-0.15, -0.1) is 23.4 Å². The number of carbonyl (C=O) groups excluding carboxylic acids is 1. The average molecular weight is 215 g/mol. The maximum absolute atomic E-state index is 11.6. The Morgan fingerprint density at radius 3 is 2.77 bits per heavy atom. The van der Waals surface area contributed by atoms with Crippen molar-refractivity contribution >= 4 is 29.1 Å². The molecule has 0 aliphatic rings. The van der Waals surface area contributed by atoms with Crippen LogP contribution in [0.15, 0.2) is 24.3 Å². The van der Waals surface area contributed by atoms with Crippen LogP contribution in [0.25, 0.3) is 0 Å². The molecule has 13 heavy (non-hydrogen) atoms. The van der Waals surface area contributed by atoms with Gasteiger partial charge in [0, 0.05) is 5.56 Å². The first kappa shape index (κ1) is 10.6. The van der Waals surface area contributed by atoms with Gasteiger partial charge in [-0.3, -0.25) is 4.79 Å². The van der Waals surface area contributed by atoms with Gasteiger partial charge in [-0.2, -0.15) is 0 Å². The largest absolute Gasteiger partial charge is 0.292 e. The van der Waals surface area contributed by atoms with Crippen LogP contribution < -0.4 is 0 Å². The number of Topliss-reactive ketones (excluding diaryl/α,β-unsaturated/α-hetero) is 1. The van der Waals surface area contributed by atoms with Crippen LogP contribution in [0.3, 0.4) is 0 Å².